The molecule has 0 aliphatic carbocycles. The number of anilines is 1. The maximum Gasteiger partial charge on any atom is 0.228 e. The van der Waals surface area contributed by atoms with E-state index in [0.29, 0.717) is 18.1 Å². The van der Waals surface area contributed by atoms with E-state index >= 15 is 0 Å². The Kier molecular flexibility index (Phi) is 4.92. The zero-order valence-corrected chi connectivity index (χ0v) is 11.8. The van der Waals surface area contributed by atoms with Gasteiger partial charge in [-0.05, 0) is 17.7 Å². The average Bonchev–Trinajstić information content (AvgIpc) is 2.52. The normalized spacial score (nSPS) is 10.6. The molecule has 0 unspecified atom stereocenters. The molecule has 0 radical (unpaired) electrons. The minimum absolute atomic E-state index is 0.270. The molecular formula is C14H16N4O3. The number of hydrogen-bond donors (Lipinski definition) is 1. The molecule has 0 aliphatic heterocycles. The van der Waals surface area contributed by atoms with Crippen LogP contribution in [-0.4, -0.2) is 30.4 Å². The third kappa shape index (κ3) is 3.82. The van der Waals surface area contributed by atoms with Gasteiger partial charge in [-0.1, -0.05) is 17.3 Å². The minimum atomic E-state index is 0.270. The SMILES string of the molecule is CO/N=C\c1c(N)ncnc1OCc1cccc(OC)c1. The second kappa shape index (κ2) is 7.09. The molecule has 7 heteroatoms. The highest BCUT2D eigenvalue weighted by atomic mass is 16.6. The zero-order chi connectivity index (χ0) is 15.1. The highest BCUT2D eigenvalue weighted by Gasteiger charge is 2.09. The Labute approximate surface area is 122 Å². The monoisotopic (exact) mass is 288 g/mol. The van der Waals surface area contributed by atoms with E-state index in [2.05, 4.69) is 20.0 Å². The predicted molar refractivity (Wildman–Crippen MR) is 78.4 cm³/mol. The topological polar surface area (TPSA) is 91.9 Å². The molecule has 1 aromatic heterocycles. The predicted octanol–water partition coefficient (Wildman–Crippen LogP) is 1.63. The van der Waals surface area contributed by atoms with Crippen molar-refractivity contribution in [2.45, 2.75) is 6.61 Å². The molecule has 7 nitrogen and oxygen atoms in total. The summed E-state index contributed by atoms with van der Waals surface area (Å²) in [5, 5.41) is 3.66. The fraction of sp³-hybridized carbons (Fsp3) is 0.214. The van der Waals surface area contributed by atoms with Gasteiger partial charge >= 0.3 is 0 Å². The van der Waals surface area contributed by atoms with E-state index in [9.17, 15) is 0 Å². The van der Waals surface area contributed by atoms with Crippen LogP contribution < -0.4 is 15.2 Å². The summed E-state index contributed by atoms with van der Waals surface area (Å²) in [6.45, 7) is 0.321. The molecule has 0 spiro atoms. The largest absolute Gasteiger partial charge is 0.497 e. The first-order valence-corrected chi connectivity index (χ1v) is 6.17. The number of nitrogens with two attached hydrogens (primary N) is 1. The lowest BCUT2D eigenvalue weighted by molar-refractivity contribution is 0.215. The van der Waals surface area contributed by atoms with Crippen molar-refractivity contribution in [3.05, 3.63) is 41.7 Å². The van der Waals surface area contributed by atoms with Crippen molar-refractivity contribution in [1.29, 1.82) is 0 Å². The van der Waals surface area contributed by atoms with E-state index in [1.54, 1.807) is 7.11 Å². The van der Waals surface area contributed by atoms with Crippen LogP contribution in [0.2, 0.25) is 0 Å². The number of aromatic nitrogens is 2. The fourth-order valence-electron chi connectivity index (χ4n) is 1.65. The van der Waals surface area contributed by atoms with Gasteiger partial charge < -0.3 is 20.0 Å². The van der Waals surface area contributed by atoms with Crippen molar-refractivity contribution >= 4 is 12.0 Å². The van der Waals surface area contributed by atoms with Gasteiger partial charge in [0.2, 0.25) is 5.88 Å². The van der Waals surface area contributed by atoms with Crippen LogP contribution in [0.4, 0.5) is 5.82 Å². The number of ether oxygens (including phenoxy) is 2. The Hall–Kier alpha value is -2.83. The van der Waals surface area contributed by atoms with Crippen molar-refractivity contribution in [2.75, 3.05) is 20.0 Å². The molecular weight excluding hydrogens is 272 g/mol. The summed E-state index contributed by atoms with van der Waals surface area (Å²) in [6.07, 6.45) is 2.75. The van der Waals surface area contributed by atoms with Crippen LogP contribution in [0.1, 0.15) is 11.1 Å². The molecule has 0 saturated carbocycles. The van der Waals surface area contributed by atoms with Gasteiger partial charge in [0.15, 0.2) is 0 Å². The van der Waals surface area contributed by atoms with Gasteiger partial charge in [0.05, 0.1) is 13.3 Å². The first kappa shape index (κ1) is 14.6. The molecule has 0 fully saturated rings. The highest BCUT2D eigenvalue weighted by molar-refractivity contribution is 5.87. The average molecular weight is 288 g/mol. The summed E-state index contributed by atoms with van der Waals surface area (Å²) in [4.78, 5) is 12.6. The molecule has 1 aromatic carbocycles. The Morgan fingerprint density at radius 1 is 1.29 bits per heavy atom. The molecule has 0 aliphatic rings. The van der Waals surface area contributed by atoms with E-state index in [0.717, 1.165) is 11.3 Å². The number of nitrogen functional groups attached to an aromatic ring is 1. The quantitative estimate of drug-likeness (QED) is 0.641. The van der Waals surface area contributed by atoms with E-state index in [1.165, 1.54) is 19.7 Å². The van der Waals surface area contributed by atoms with Crippen molar-refractivity contribution in [1.82, 2.24) is 9.97 Å². The lowest BCUT2D eigenvalue weighted by Crippen LogP contribution is -2.05. The Morgan fingerprint density at radius 2 is 2.14 bits per heavy atom. The molecule has 110 valence electrons. The lowest BCUT2D eigenvalue weighted by atomic mass is 10.2. The number of nitrogens with zero attached hydrogens (tertiary/aromatic N) is 3. The molecule has 1 heterocycles. The highest BCUT2D eigenvalue weighted by Crippen LogP contribution is 2.20. The van der Waals surface area contributed by atoms with Gasteiger partial charge in [-0.2, -0.15) is 0 Å². The molecule has 2 N–H and O–H groups in total. The van der Waals surface area contributed by atoms with E-state index in [1.807, 2.05) is 24.3 Å². The van der Waals surface area contributed by atoms with Crippen LogP contribution in [0, 0.1) is 0 Å². The summed E-state index contributed by atoms with van der Waals surface area (Å²) >= 11 is 0. The lowest BCUT2D eigenvalue weighted by Gasteiger charge is -2.09. The fourth-order valence-corrected chi connectivity index (χ4v) is 1.65. The van der Waals surface area contributed by atoms with E-state index < -0.39 is 0 Å². The second-order valence-corrected chi connectivity index (χ2v) is 4.04. The maximum absolute atomic E-state index is 5.78. The Balaban J connectivity index is 2.15. The number of hydrogen-bond acceptors (Lipinski definition) is 7. The standard InChI is InChI=1S/C14H16N4O3/c1-19-11-5-3-4-10(6-11)8-21-14-12(7-18-20-2)13(15)16-9-17-14/h3-7,9H,8H2,1-2H3,(H2,15,16,17)/b18-7-. The Bertz CT molecular complexity index is 631. The molecule has 2 aromatic rings. The molecule has 0 bridgehead atoms. The van der Waals surface area contributed by atoms with Crippen molar-refractivity contribution in [2.24, 2.45) is 5.16 Å². The van der Waals surface area contributed by atoms with Gasteiger partial charge in [-0.3, -0.25) is 0 Å². The van der Waals surface area contributed by atoms with Crippen LogP contribution in [-0.2, 0) is 11.4 Å². The molecule has 0 atom stereocenters. The number of oxime groups is 1. The molecule has 0 saturated heterocycles. The summed E-state index contributed by atoms with van der Waals surface area (Å²) in [6, 6.07) is 7.56. The molecule has 2 rings (SSSR count). The van der Waals surface area contributed by atoms with Crippen LogP contribution in [0.15, 0.2) is 35.7 Å². The number of methoxy groups -OCH3 is 1. The summed E-state index contributed by atoms with van der Waals surface area (Å²) < 4.78 is 10.8. The van der Waals surface area contributed by atoms with E-state index in [4.69, 9.17) is 15.2 Å². The van der Waals surface area contributed by atoms with Gasteiger partial charge in [-0.25, -0.2) is 9.97 Å². The number of rotatable bonds is 6. The zero-order valence-electron chi connectivity index (χ0n) is 11.8. The molecule has 0 amide bonds. The van der Waals surface area contributed by atoms with Crippen molar-refractivity contribution in [3.63, 3.8) is 0 Å². The van der Waals surface area contributed by atoms with Crippen LogP contribution in [0.5, 0.6) is 11.6 Å². The first-order valence-electron chi connectivity index (χ1n) is 6.17. The minimum Gasteiger partial charge on any atom is -0.497 e. The van der Waals surface area contributed by atoms with Crippen molar-refractivity contribution < 1.29 is 14.3 Å². The maximum atomic E-state index is 5.78. The second-order valence-electron chi connectivity index (χ2n) is 4.04. The van der Waals surface area contributed by atoms with Gasteiger partial charge in [0.1, 0.15) is 37.2 Å². The van der Waals surface area contributed by atoms with Gasteiger partial charge in [0, 0.05) is 0 Å². The van der Waals surface area contributed by atoms with Crippen LogP contribution in [0.3, 0.4) is 0 Å². The number of benzene rings is 1. The van der Waals surface area contributed by atoms with E-state index in [-0.39, 0.29) is 5.82 Å². The van der Waals surface area contributed by atoms with Crippen LogP contribution in [0.25, 0.3) is 0 Å². The van der Waals surface area contributed by atoms with Crippen LogP contribution >= 0.6 is 0 Å². The van der Waals surface area contributed by atoms with Gasteiger partial charge in [-0.15, -0.1) is 0 Å². The Morgan fingerprint density at radius 3 is 2.90 bits per heavy atom. The third-order valence-corrected chi connectivity index (χ3v) is 2.68. The van der Waals surface area contributed by atoms with Crippen molar-refractivity contribution in [3.8, 4) is 11.6 Å². The summed E-state index contributed by atoms with van der Waals surface area (Å²) in [5.41, 5.74) is 7.20. The smallest absolute Gasteiger partial charge is 0.228 e. The summed E-state index contributed by atoms with van der Waals surface area (Å²) in [7, 11) is 3.05. The van der Waals surface area contributed by atoms with Gasteiger partial charge in [0.25, 0.3) is 0 Å². The molecule has 21 heavy (non-hydrogen) atoms. The summed E-state index contributed by atoms with van der Waals surface area (Å²) in [5.74, 6) is 1.37. The first-order chi connectivity index (χ1) is 10.2. The third-order valence-electron chi connectivity index (χ3n) is 2.68.